The Morgan fingerprint density at radius 3 is 2.83 bits per heavy atom. The van der Waals surface area contributed by atoms with Gasteiger partial charge in [0.15, 0.2) is 5.13 Å². The fraction of sp³-hybridized carbons (Fsp3) is 0.167. The van der Waals surface area contributed by atoms with Crippen molar-refractivity contribution in [2.75, 3.05) is 5.32 Å². The zero-order chi connectivity index (χ0) is 13.1. The molecule has 0 aliphatic rings. The number of aromatic nitrogens is 1. The van der Waals surface area contributed by atoms with Crippen molar-refractivity contribution in [3.05, 3.63) is 46.7 Å². The summed E-state index contributed by atoms with van der Waals surface area (Å²) in [5.74, 6) is -1.14. The number of benzene rings is 1. The van der Waals surface area contributed by atoms with Crippen LogP contribution in [0, 0.1) is 5.82 Å². The zero-order valence-corrected chi connectivity index (χ0v) is 10.4. The van der Waals surface area contributed by atoms with E-state index in [1.165, 1.54) is 29.5 Å². The summed E-state index contributed by atoms with van der Waals surface area (Å²) < 4.78 is 13.4. The number of nitrogens with one attached hydrogen (secondary N) is 1. The minimum absolute atomic E-state index is 0.0358. The highest BCUT2D eigenvalue weighted by Crippen LogP contribution is 2.21. The summed E-state index contributed by atoms with van der Waals surface area (Å²) in [5.41, 5.74) is 0.440. The fourth-order valence-corrected chi connectivity index (χ4v) is 2.14. The third-order valence-corrected chi connectivity index (χ3v) is 3.06. The molecule has 0 saturated carbocycles. The van der Waals surface area contributed by atoms with Crippen LogP contribution < -0.4 is 5.32 Å². The van der Waals surface area contributed by atoms with Gasteiger partial charge >= 0.3 is 0 Å². The van der Waals surface area contributed by atoms with Crippen LogP contribution in [0.15, 0.2) is 29.6 Å². The van der Waals surface area contributed by atoms with Crippen molar-refractivity contribution in [3.63, 3.8) is 0 Å². The molecule has 0 saturated heterocycles. The van der Waals surface area contributed by atoms with Crippen LogP contribution in [0.2, 0.25) is 0 Å². The highest BCUT2D eigenvalue weighted by molar-refractivity contribution is 7.14. The van der Waals surface area contributed by atoms with E-state index in [2.05, 4.69) is 10.3 Å². The Balaban J connectivity index is 2.14. The van der Waals surface area contributed by atoms with Gasteiger partial charge in [0.2, 0.25) is 0 Å². The van der Waals surface area contributed by atoms with E-state index in [4.69, 9.17) is 0 Å². The maximum absolute atomic E-state index is 13.4. The van der Waals surface area contributed by atoms with E-state index >= 15 is 0 Å². The van der Waals surface area contributed by atoms with E-state index in [1.54, 1.807) is 18.4 Å². The monoisotopic (exact) mass is 266 g/mol. The van der Waals surface area contributed by atoms with Gasteiger partial charge in [-0.15, -0.1) is 11.3 Å². The number of hydrogen-bond acceptors (Lipinski definition) is 4. The summed E-state index contributed by atoms with van der Waals surface area (Å²) in [6.45, 7) is 1.58. The molecule has 1 atom stereocenters. The number of carbonyl (C=O) groups excluding carboxylic acids is 1. The topological polar surface area (TPSA) is 62.2 Å². The van der Waals surface area contributed by atoms with Gasteiger partial charge < -0.3 is 5.11 Å². The van der Waals surface area contributed by atoms with Crippen LogP contribution in [-0.2, 0) is 0 Å². The minimum atomic E-state index is -0.694. The number of halogens is 1. The van der Waals surface area contributed by atoms with Gasteiger partial charge in [0.1, 0.15) is 5.82 Å². The van der Waals surface area contributed by atoms with Gasteiger partial charge in [0.25, 0.3) is 5.91 Å². The lowest BCUT2D eigenvalue weighted by Gasteiger charge is -2.02. The van der Waals surface area contributed by atoms with Crippen LogP contribution in [-0.4, -0.2) is 16.0 Å². The van der Waals surface area contributed by atoms with Crippen molar-refractivity contribution < 1.29 is 14.3 Å². The first-order chi connectivity index (χ1) is 8.58. The number of thiazole rings is 1. The summed E-state index contributed by atoms with van der Waals surface area (Å²) in [7, 11) is 0. The highest BCUT2D eigenvalue weighted by atomic mass is 32.1. The van der Waals surface area contributed by atoms with Crippen LogP contribution in [0.25, 0.3) is 0 Å². The number of rotatable bonds is 3. The Bertz CT molecular complexity index is 569. The molecule has 0 aliphatic carbocycles. The number of anilines is 1. The SMILES string of the molecule is CC(O)c1csc(NC(=O)c2ccccc2F)n1. The van der Waals surface area contributed by atoms with Crippen molar-refractivity contribution in [1.29, 1.82) is 0 Å². The number of aliphatic hydroxyl groups excluding tert-OH is 1. The van der Waals surface area contributed by atoms with Crippen molar-refractivity contribution in [3.8, 4) is 0 Å². The second kappa shape index (κ2) is 5.24. The molecule has 18 heavy (non-hydrogen) atoms. The molecule has 2 N–H and O–H groups in total. The fourth-order valence-electron chi connectivity index (χ4n) is 1.35. The normalized spacial score (nSPS) is 12.2. The molecule has 2 rings (SSSR count). The lowest BCUT2D eigenvalue weighted by Crippen LogP contribution is -2.13. The van der Waals surface area contributed by atoms with E-state index in [-0.39, 0.29) is 5.56 Å². The van der Waals surface area contributed by atoms with E-state index in [0.717, 1.165) is 0 Å². The molecule has 0 aliphatic heterocycles. The van der Waals surface area contributed by atoms with Crippen LogP contribution in [0.4, 0.5) is 9.52 Å². The van der Waals surface area contributed by atoms with E-state index < -0.39 is 17.8 Å². The molecular formula is C12H11FN2O2S. The molecule has 4 nitrogen and oxygen atoms in total. The molecule has 0 fully saturated rings. The average molecular weight is 266 g/mol. The van der Waals surface area contributed by atoms with Gasteiger partial charge in [-0.1, -0.05) is 12.1 Å². The van der Waals surface area contributed by atoms with Gasteiger partial charge in [-0.05, 0) is 19.1 Å². The Kier molecular flexibility index (Phi) is 3.69. The van der Waals surface area contributed by atoms with Gasteiger partial charge in [-0.25, -0.2) is 9.37 Å². The second-order valence-electron chi connectivity index (χ2n) is 3.69. The molecule has 1 aromatic carbocycles. The number of hydrogen-bond donors (Lipinski definition) is 2. The van der Waals surface area contributed by atoms with E-state index in [9.17, 15) is 14.3 Å². The lowest BCUT2D eigenvalue weighted by molar-refractivity contribution is 0.102. The summed E-state index contributed by atoms with van der Waals surface area (Å²) in [5, 5.41) is 13.8. The molecule has 1 heterocycles. The standard InChI is InChI=1S/C12H11FN2O2S/c1-7(16)10-6-18-12(14-10)15-11(17)8-4-2-3-5-9(8)13/h2-7,16H,1H3,(H,14,15,17). The van der Waals surface area contributed by atoms with Crippen LogP contribution in [0.5, 0.6) is 0 Å². The van der Waals surface area contributed by atoms with E-state index in [0.29, 0.717) is 10.8 Å². The molecule has 0 spiro atoms. The van der Waals surface area contributed by atoms with Gasteiger partial charge in [0.05, 0.1) is 17.4 Å². The van der Waals surface area contributed by atoms with E-state index in [1.807, 2.05) is 0 Å². The molecular weight excluding hydrogens is 255 g/mol. The maximum atomic E-state index is 13.4. The predicted molar refractivity (Wildman–Crippen MR) is 67.1 cm³/mol. The molecule has 2 aromatic rings. The molecule has 1 unspecified atom stereocenters. The second-order valence-corrected chi connectivity index (χ2v) is 4.55. The Morgan fingerprint density at radius 2 is 2.22 bits per heavy atom. The Morgan fingerprint density at radius 1 is 1.50 bits per heavy atom. The Labute approximate surface area is 107 Å². The highest BCUT2D eigenvalue weighted by Gasteiger charge is 2.13. The van der Waals surface area contributed by atoms with Crippen LogP contribution in [0.3, 0.4) is 0 Å². The largest absolute Gasteiger partial charge is 0.387 e. The summed E-state index contributed by atoms with van der Waals surface area (Å²) in [6.07, 6.45) is -0.694. The first-order valence-corrected chi connectivity index (χ1v) is 6.15. The first-order valence-electron chi connectivity index (χ1n) is 5.27. The minimum Gasteiger partial charge on any atom is -0.387 e. The molecule has 0 bridgehead atoms. The summed E-state index contributed by atoms with van der Waals surface area (Å²) in [4.78, 5) is 15.8. The zero-order valence-electron chi connectivity index (χ0n) is 9.55. The summed E-state index contributed by atoms with van der Waals surface area (Å²) in [6, 6.07) is 5.72. The third kappa shape index (κ3) is 2.72. The lowest BCUT2D eigenvalue weighted by atomic mass is 10.2. The quantitative estimate of drug-likeness (QED) is 0.897. The number of amides is 1. The molecule has 1 amide bonds. The number of carbonyl (C=O) groups is 1. The Hall–Kier alpha value is -1.79. The molecule has 6 heteroatoms. The van der Waals surface area contributed by atoms with Crippen LogP contribution in [0.1, 0.15) is 29.1 Å². The number of nitrogens with zero attached hydrogens (tertiary/aromatic N) is 1. The van der Waals surface area contributed by atoms with Crippen LogP contribution >= 0.6 is 11.3 Å². The van der Waals surface area contributed by atoms with Crippen molar-refractivity contribution >= 4 is 22.4 Å². The average Bonchev–Trinajstić information content (AvgIpc) is 2.78. The van der Waals surface area contributed by atoms with Crippen molar-refractivity contribution in [2.24, 2.45) is 0 Å². The van der Waals surface area contributed by atoms with Crippen molar-refractivity contribution in [1.82, 2.24) is 4.98 Å². The smallest absolute Gasteiger partial charge is 0.260 e. The van der Waals surface area contributed by atoms with Gasteiger partial charge in [-0.2, -0.15) is 0 Å². The predicted octanol–water partition coefficient (Wildman–Crippen LogP) is 2.59. The van der Waals surface area contributed by atoms with Gasteiger partial charge in [-0.3, -0.25) is 10.1 Å². The molecule has 1 aromatic heterocycles. The van der Waals surface area contributed by atoms with Crippen molar-refractivity contribution in [2.45, 2.75) is 13.0 Å². The molecule has 94 valence electrons. The van der Waals surface area contributed by atoms with Gasteiger partial charge in [0, 0.05) is 5.38 Å². The first kappa shape index (κ1) is 12.7. The molecule has 0 radical (unpaired) electrons. The summed E-state index contributed by atoms with van der Waals surface area (Å²) >= 11 is 1.18. The maximum Gasteiger partial charge on any atom is 0.260 e. The number of aliphatic hydroxyl groups is 1. The third-order valence-electron chi connectivity index (χ3n) is 2.29.